The minimum Gasteiger partial charge on any atom is -0.469 e. The fourth-order valence-electron chi connectivity index (χ4n) is 2.71. The van der Waals surface area contributed by atoms with Gasteiger partial charge in [-0.15, -0.1) is 0 Å². The zero-order valence-corrected chi connectivity index (χ0v) is 17.1. The number of methoxy groups -OCH3 is 1. The molecule has 0 saturated heterocycles. The highest BCUT2D eigenvalue weighted by atomic mass is 32.2. The average molecular weight is 417 g/mol. The number of hydrogen-bond donors (Lipinski definition) is 1. The van der Waals surface area contributed by atoms with Gasteiger partial charge < -0.3 is 10.1 Å². The molecule has 0 aliphatic carbocycles. The predicted molar refractivity (Wildman–Crippen MR) is 109 cm³/mol. The van der Waals surface area contributed by atoms with E-state index in [0.29, 0.717) is 5.69 Å². The van der Waals surface area contributed by atoms with Crippen LogP contribution in [0.2, 0.25) is 0 Å². The van der Waals surface area contributed by atoms with Gasteiger partial charge in [0.25, 0.3) is 0 Å². The Morgan fingerprint density at radius 1 is 1.00 bits per heavy atom. The molecule has 0 spiro atoms. The maximum atomic E-state index is 12.8. The molecular weight excluding hydrogens is 394 g/mol. The van der Waals surface area contributed by atoms with Crippen molar-refractivity contribution in [1.82, 2.24) is 0 Å². The van der Waals surface area contributed by atoms with Crippen LogP contribution in [0, 0.1) is 0 Å². The number of benzene rings is 2. The second-order valence-electron chi connectivity index (χ2n) is 6.41. The summed E-state index contributed by atoms with van der Waals surface area (Å²) in [5.41, 5.74) is 1.66. The van der Waals surface area contributed by atoms with E-state index >= 15 is 0 Å². The summed E-state index contributed by atoms with van der Waals surface area (Å²) in [5.74, 6) is -3.32. The molecular formula is C21H23NO6S. The summed E-state index contributed by atoms with van der Waals surface area (Å²) in [6.45, 7) is 1.99. The Bertz CT molecular complexity index is 968. The van der Waals surface area contributed by atoms with E-state index in [-0.39, 0.29) is 5.56 Å². The van der Waals surface area contributed by atoms with Gasteiger partial charge in [-0.25, -0.2) is 8.42 Å². The van der Waals surface area contributed by atoms with E-state index in [0.717, 1.165) is 19.1 Å². The van der Waals surface area contributed by atoms with E-state index < -0.39 is 44.9 Å². The van der Waals surface area contributed by atoms with Crippen molar-refractivity contribution >= 4 is 33.2 Å². The molecule has 0 aliphatic rings. The first kappa shape index (κ1) is 22.3. The molecule has 1 atom stereocenters. The minimum atomic E-state index is -4.27. The molecule has 0 aromatic heterocycles. The molecule has 0 fully saturated rings. The number of sulfone groups is 1. The normalized spacial score (nSPS) is 12.1. The summed E-state index contributed by atoms with van der Waals surface area (Å²) in [7, 11) is -3.17. The molecule has 0 aliphatic heterocycles. The Hall–Kier alpha value is -3.00. The lowest BCUT2D eigenvalue weighted by molar-refractivity contribution is -0.140. The molecule has 8 heteroatoms. The van der Waals surface area contributed by atoms with Crippen LogP contribution in [0.3, 0.4) is 0 Å². The number of rotatable bonds is 9. The molecule has 1 N–H and O–H groups in total. The summed E-state index contributed by atoms with van der Waals surface area (Å²) in [5, 5.41) is 0.801. The van der Waals surface area contributed by atoms with Gasteiger partial charge in [-0.2, -0.15) is 0 Å². The molecule has 154 valence electrons. The lowest BCUT2D eigenvalue weighted by Gasteiger charge is -2.16. The van der Waals surface area contributed by atoms with Gasteiger partial charge in [-0.3, -0.25) is 14.4 Å². The van der Waals surface area contributed by atoms with Crippen molar-refractivity contribution in [2.45, 2.75) is 25.0 Å². The number of carbonyl (C=O) groups excluding carboxylic acids is 3. The van der Waals surface area contributed by atoms with Crippen LogP contribution in [0.4, 0.5) is 5.69 Å². The molecule has 1 unspecified atom stereocenters. The van der Waals surface area contributed by atoms with Crippen molar-refractivity contribution in [3.8, 4) is 0 Å². The summed E-state index contributed by atoms with van der Waals surface area (Å²) >= 11 is 0. The summed E-state index contributed by atoms with van der Waals surface area (Å²) < 4.78 is 30.1. The Balaban J connectivity index is 2.20. The van der Waals surface area contributed by atoms with Crippen LogP contribution < -0.4 is 5.32 Å². The maximum Gasteiger partial charge on any atom is 0.307 e. The van der Waals surface area contributed by atoms with Crippen molar-refractivity contribution in [2.75, 3.05) is 18.2 Å². The summed E-state index contributed by atoms with van der Waals surface area (Å²) in [6, 6.07) is 14.7. The van der Waals surface area contributed by atoms with Crippen LogP contribution in [0.15, 0.2) is 54.6 Å². The zero-order valence-electron chi connectivity index (χ0n) is 16.3. The number of anilines is 1. The lowest BCUT2D eigenvalue weighted by atomic mass is 10.1. The van der Waals surface area contributed by atoms with Crippen molar-refractivity contribution in [1.29, 1.82) is 0 Å². The van der Waals surface area contributed by atoms with Crippen LogP contribution >= 0.6 is 0 Å². The SMILES string of the molecule is CCc1ccc(NC(=O)CS(=O)(=O)C(CC(=O)OC)C(=O)c2ccccc2)cc1. The van der Waals surface area contributed by atoms with Crippen molar-refractivity contribution in [2.24, 2.45) is 0 Å². The van der Waals surface area contributed by atoms with Gasteiger partial charge >= 0.3 is 5.97 Å². The van der Waals surface area contributed by atoms with Gasteiger partial charge in [0.2, 0.25) is 5.91 Å². The van der Waals surface area contributed by atoms with E-state index in [4.69, 9.17) is 0 Å². The van der Waals surface area contributed by atoms with Gasteiger partial charge in [-0.05, 0) is 24.1 Å². The molecule has 1 amide bonds. The van der Waals surface area contributed by atoms with Gasteiger partial charge in [0.1, 0.15) is 11.0 Å². The predicted octanol–water partition coefficient (Wildman–Crippen LogP) is 2.42. The fraction of sp³-hybridized carbons (Fsp3) is 0.286. The highest BCUT2D eigenvalue weighted by Crippen LogP contribution is 2.17. The van der Waals surface area contributed by atoms with Crippen LogP contribution in [0.25, 0.3) is 0 Å². The first-order valence-corrected chi connectivity index (χ1v) is 10.7. The third-order valence-electron chi connectivity index (χ3n) is 4.34. The van der Waals surface area contributed by atoms with E-state index in [1.165, 1.54) is 12.1 Å². The molecule has 2 aromatic rings. The second-order valence-corrected chi connectivity index (χ2v) is 8.59. The minimum absolute atomic E-state index is 0.139. The third-order valence-corrected chi connectivity index (χ3v) is 6.25. The van der Waals surface area contributed by atoms with Crippen LogP contribution in [-0.4, -0.2) is 44.2 Å². The van der Waals surface area contributed by atoms with E-state index in [2.05, 4.69) is 10.1 Å². The number of Topliss-reactive ketones (excluding diaryl/α,β-unsaturated/α-hetero) is 1. The molecule has 2 aromatic carbocycles. The number of hydrogen-bond acceptors (Lipinski definition) is 6. The largest absolute Gasteiger partial charge is 0.469 e. The Morgan fingerprint density at radius 2 is 1.62 bits per heavy atom. The third kappa shape index (κ3) is 6.25. The smallest absolute Gasteiger partial charge is 0.307 e. The van der Waals surface area contributed by atoms with Gasteiger partial charge in [0, 0.05) is 11.3 Å². The van der Waals surface area contributed by atoms with Gasteiger partial charge in [0.15, 0.2) is 15.6 Å². The molecule has 0 radical (unpaired) electrons. The molecule has 29 heavy (non-hydrogen) atoms. The monoisotopic (exact) mass is 417 g/mol. The van der Waals surface area contributed by atoms with Crippen molar-refractivity contribution in [3.05, 3.63) is 65.7 Å². The van der Waals surface area contributed by atoms with Gasteiger partial charge in [0.05, 0.1) is 13.5 Å². The lowest BCUT2D eigenvalue weighted by Crippen LogP contribution is -2.38. The number of ketones is 1. The Morgan fingerprint density at radius 3 is 2.17 bits per heavy atom. The standard InChI is InChI=1S/C21H23NO6S/c1-3-15-9-11-17(12-10-15)22-19(23)14-29(26,27)18(13-20(24)28-2)21(25)16-7-5-4-6-8-16/h4-12,18H,3,13-14H2,1-2H3,(H,22,23). The molecule has 0 bridgehead atoms. The highest BCUT2D eigenvalue weighted by molar-refractivity contribution is 7.93. The summed E-state index contributed by atoms with van der Waals surface area (Å²) in [4.78, 5) is 36.7. The molecule has 0 saturated carbocycles. The molecule has 7 nitrogen and oxygen atoms in total. The Labute approximate surface area is 170 Å². The van der Waals surface area contributed by atoms with Crippen LogP contribution in [0.1, 0.15) is 29.3 Å². The first-order valence-electron chi connectivity index (χ1n) is 9.03. The average Bonchev–Trinajstić information content (AvgIpc) is 2.71. The number of aryl methyl sites for hydroxylation is 1. The number of carbonyl (C=O) groups is 3. The molecule has 0 heterocycles. The van der Waals surface area contributed by atoms with E-state index in [1.54, 1.807) is 30.3 Å². The maximum absolute atomic E-state index is 12.8. The van der Waals surface area contributed by atoms with Gasteiger partial charge in [-0.1, -0.05) is 49.4 Å². The highest BCUT2D eigenvalue weighted by Gasteiger charge is 2.37. The van der Waals surface area contributed by atoms with Crippen molar-refractivity contribution < 1.29 is 27.5 Å². The number of esters is 1. The van der Waals surface area contributed by atoms with Crippen molar-refractivity contribution in [3.63, 3.8) is 0 Å². The van der Waals surface area contributed by atoms with E-state index in [1.807, 2.05) is 19.1 Å². The first-order chi connectivity index (χ1) is 13.8. The quantitative estimate of drug-likeness (QED) is 0.496. The fourth-order valence-corrected chi connectivity index (χ4v) is 4.20. The number of nitrogens with one attached hydrogen (secondary N) is 1. The van der Waals surface area contributed by atoms with Crippen LogP contribution in [-0.2, 0) is 30.6 Å². The topological polar surface area (TPSA) is 107 Å². The number of amides is 1. The second kappa shape index (κ2) is 9.97. The zero-order chi connectivity index (χ0) is 21.4. The van der Waals surface area contributed by atoms with E-state index in [9.17, 15) is 22.8 Å². The summed E-state index contributed by atoms with van der Waals surface area (Å²) in [6.07, 6.45) is 0.171. The number of ether oxygens (including phenoxy) is 1. The van der Waals surface area contributed by atoms with Crippen LogP contribution in [0.5, 0.6) is 0 Å². The molecule has 2 rings (SSSR count). The Kier molecular flexibility index (Phi) is 7.67.